The molecular weight excluding hydrogens is 268 g/mol. The number of hydrogen-bond donors (Lipinski definition) is 0. The van der Waals surface area contributed by atoms with Crippen LogP contribution < -0.4 is 4.90 Å². The van der Waals surface area contributed by atoms with Gasteiger partial charge in [-0.1, -0.05) is 35.9 Å². The van der Waals surface area contributed by atoms with Crippen molar-refractivity contribution in [3.05, 3.63) is 64.8 Å². The standard InChI is InChI=1S/C20H20N2/c1-13-7-9-16(10-8-13)22-12-11-17-15(3)21-19-14(2)5-4-6-18(19)20(17)22/h4-10H,11-12H2,1-3H3. The van der Waals surface area contributed by atoms with Crippen LogP contribution in [0.4, 0.5) is 11.4 Å². The van der Waals surface area contributed by atoms with Crippen LogP contribution in [0, 0.1) is 20.8 Å². The predicted octanol–water partition coefficient (Wildman–Crippen LogP) is 4.85. The summed E-state index contributed by atoms with van der Waals surface area (Å²) in [5, 5.41) is 1.28. The van der Waals surface area contributed by atoms with Crippen molar-refractivity contribution in [3.63, 3.8) is 0 Å². The molecule has 0 fully saturated rings. The maximum Gasteiger partial charge on any atom is 0.0755 e. The van der Waals surface area contributed by atoms with Gasteiger partial charge in [0.15, 0.2) is 0 Å². The number of fused-ring (bicyclic) bond motifs is 3. The van der Waals surface area contributed by atoms with E-state index in [1.807, 2.05) is 0 Å². The third kappa shape index (κ3) is 1.91. The monoisotopic (exact) mass is 288 g/mol. The normalized spacial score (nSPS) is 13.7. The molecule has 1 aliphatic rings. The Bertz CT molecular complexity index is 863. The summed E-state index contributed by atoms with van der Waals surface area (Å²) in [6.45, 7) is 7.46. The smallest absolute Gasteiger partial charge is 0.0755 e. The highest BCUT2D eigenvalue weighted by Gasteiger charge is 2.25. The number of rotatable bonds is 1. The van der Waals surface area contributed by atoms with Gasteiger partial charge in [0.05, 0.1) is 11.2 Å². The Morgan fingerprint density at radius 1 is 0.955 bits per heavy atom. The van der Waals surface area contributed by atoms with Crippen molar-refractivity contribution >= 4 is 22.3 Å². The van der Waals surface area contributed by atoms with Crippen molar-refractivity contribution in [3.8, 4) is 0 Å². The molecule has 0 atom stereocenters. The number of benzene rings is 2. The molecule has 2 aromatic carbocycles. The zero-order chi connectivity index (χ0) is 15.3. The predicted molar refractivity (Wildman–Crippen MR) is 93.1 cm³/mol. The summed E-state index contributed by atoms with van der Waals surface area (Å²) in [7, 11) is 0. The first kappa shape index (κ1) is 13.3. The van der Waals surface area contributed by atoms with Gasteiger partial charge in [0.25, 0.3) is 0 Å². The maximum absolute atomic E-state index is 4.86. The van der Waals surface area contributed by atoms with Crippen molar-refractivity contribution in [2.75, 3.05) is 11.4 Å². The minimum Gasteiger partial charge on any atom is -0.340 e. The van der Waals surface area contributed by atoms with E-state index in [1.54, 1.807) is 0 Å². The molecule has 3 aromatic rings. The van der Waals surface area contributed by atoms with Gasteiger partial charge in [-0.2, -0.15) is 0 Å². The maximum atomic E-state index is 4.86. The third-order valence-electron chi connectivity index (χ3n) is 4.70. The average molecular weight is 288 g/mol. The number of pyridine rings is 1. The van der Waals surface area contributed by atoms with Crippen LogP contribution in [0.5, 0.6) is 0 Å². The molecule has 2 heteroatoms. The minimum atomic E-state index is 1.04. The molecule has 0 N–H and O–H groups in total. The summed E-state index contributed by atoms with van der Waals surface area (Å²) in [6, 6.07) is 15.3. The summed E-state index contributed by atoms with van der Waals surface area (Å²) < 4.78 is 0. The topological polar surface area (TPSA) is 16.1 Å². The molecule has 0 bridgehead atoms. The van der Waals surface area contributed by atoms with E-state index in [9.17, 15) is 0 Å². The van der Waals surface area contributed by atoms with E-state index in [0.29, 0.717) is 0 Å². The van der Waals surface area contributed by atoms with Crippen LogP contribution >= 0.6 is 0 Å². The summed E-state index contributed by atoms with van der Waals surface area (Å²) in [5.41, 5.74) is 8.89. The molecule has 0 amide bonds. The number of aryl methyl sites for hydroxylation is 3. The lowest BCUT2D eigenvalue weighted by molar-refractivity contribution is 0.989. The van der Waals surface area contributed by atoms with E-state index < -0.39 is 0 Å². The molecule has 22 heavy (non-hydrogen) atoms. The fourth-order valence-corrected chi connectivity index (χ4v) is 3.49. The van der Waals surface area contributed by atoms with Crippen molar-refractivity contribution in [1.82, 2.24) is 4.98 Å². The highest BCUT2D eigenvalue weighted by molar-refractivity contribution is 5.98. The summed E-state index contributed by atoms with van der Waals surface area (Å²) in [6.07, 6.45) is 1.08. The number of aromatic nitrogens is 1. The van der Waals surface area contributed by atoms with Gasteiger partial charge in [0, 0.05) is 23.3 Å². The van der Waals surface area contributed by atoms with Crippen LogP contribution in [0.3, 0.4) is 0 Å². The van der Waals surface area contributed by atoms with Gasteiger partial charge in [-0.25, -0.2) is 0 Å². The van der Waals surface area contributed by atoms with Crippen LogP contribution in [0.15, 0.2) is 42.5 Å². The molecule has 0 aliphatic carbocycles. The Morgan fingerprint density at radius 3 is 2.50 bits per heavy atom. The first-order valence-corrected chi connectivity index (χ1v) is 7.88. The quantitative estimate of drug-likeness (QED) is 0.636. The van der Waals surface area contributed by atoms with Crippen LogP contribution in [0.25, 0.3) is 10.9 Å². The second-order valence-electron chi connectivity index (χ2n) is 6.23. The molecule has 0 spiro atoms. The van der Waals surface area contributed by atoms with Gasteiger partial charge >= 0.3 is 0 Å². The fraction of sp³-hybridized carbons (Fsp3) is 0.250. The highest BCUT2D eigenvalue weighted by Crippen LogP contribution is 2.41. The van der Waals surface area contributed by atoms with Crippen LogP contribution in [-0.4, -0.2) is 11.5 Å². The minimum absolute atomic E-state index is 1.04. The molecule has 1 aliphatic heterocycles. The molecule has 0 radical (unpaired) electrons. The van der Waals surface area contributed by atoms with E-state index >= 15 is 0 Å². The highest BCUT2D eigenvalue weighted by atomic mass is 15.2. The van der Waals surface area contributed by atoms with E-state index in [1.165, 1.54) is 39.1 Å². The van der Waals surface area contributed by atoms with Gasteiger partial charge in [-0.15, -0.1) is 0 Å². The van der Waals surface area contributed by atoms with Gasteiger partial charge in [-0.3, -0.25) is 4.98 Å². The molecule has 4 rings (SSSR count). The summed E-state index contributed by atoms with van der Waals surface area (Å²) in [4.78, 5) is 7.31. The first-order valence-electron chi connectivity index (χ1n) is 7.88. The Labute approximate surface area is 131 Å². The molecule has 0 saturated heterocycles. The number of hydrogen-bond acceptors (Lipinski definition) is 2. The van der Waals surface area contributed by atoms with E-state index in [0.717, 1.165) is 18.5 Å². The van der Waals surface area contributed by atoms with Crippen LogP contribution in [0.1, 0.15) is 22.4 Å². The molecule has 0 saturated carbocycles. The lowest BCUT2D eigenvalue weighted by Crippen LogP contribution is -2.13. The fourth-order valence-electron chi connectivity index (χ4n) is 3.49. The lowest BCUT2D eigenvalue weighted by Gasteiger charge is -2.22. The SMILES string of the molecule is Cc1ccc(N2CCc3c(C)nc4c(C)cccc4c32)cc1. The molecule has 1 aromatic heterocycles. The summed E-state index contributed by atoms with van der Waals surface area (Å²) in [5.74, 6) is 0. The third-order valence-corrected chi connectivity index (χ3v) is 4.70. The largest absolute Gasteiger partial charge is 0.340 e. The van der Waals surface area contributed by atoms with E-state index in [-0.39, 0.29) is 0 Å². The van der Waals surface area contributed by atoms with Crippen molar-refractivity contribution in [2.24, 2.45) is 0 Å². The average Bonchev–Trinajstić information content (AvgIpc) is 2.95. The van der Waals surface area contributed by atoms with Crippen molar-refractivity contribution < 1.29 is 0 Å². The number of nitrogens with zero attached hydrogens (tertiary/aromatic N) is 2. The van der Waals surface area contributed by atoms with Gasteiger partial charge < -0.3 is 4.90 Å². The molecule has 0 unspecified atom stereocenters. The van der Waals surface area contributed by atoms with E-state index in [4.69, 9.17) is 4.98 Å². The Kier molecular flexibility index (Phi) is 2.93. The molecular formula is C20H20N2. The van der Waals surface area contributed by atoms with Gasteiger partial charge in [-0.05, 0) is 50.5 Å². The Morgan fingerprint density at radius 2 is 1.73 bits per heavy atom. The molecule has 2 heterocycles. The van der Waals surface area contributed by atoms with Crippen LogP contribution in [-0.2, 0) is 6.42 Å². The summed E-state index contributed by atoms with van der Waals surface area (Å²) >= 11 is 0. The number of para-hydroxylation sites is 1. The first-order chi connectivity index (χ1) is 10.6. The molecule has 2 nitrogen and oxygen atoms in total. The van der Waals surface area contributed by atoms with Crippen molar-refractivity contribution in [1.29, 1.82) is 0 Å². The molecule has 110 valence electrons. The number of anilines is 2. The lowest BCUT2D eigenvalue weighted by atomic mass is 10.0. The second-order valence-corrected chi connectivity index (χ2v) is 6.23. The zero-order valence-electron chi connectivity index (χ0n) is 13.4. The van der Waals surface area contributed by atoms with Gasteiger partial charge in [0.1, 0.15) is 0 Å². The van der Waals surface area contributed by atoms with Crippen molar-refractivity contribution in [2.45, 2.75) is 27.2 Å². The van der Waals surface area contributed by atoms with E-state index in [2.05, 4.69) is 68.1 Å². The van der Waals surface area contributed by atoms with Gasteiger partial charge in [0.2, 0.25) is 0 Å². The zero-order valence-corrected chi connectivity index (χ0v) is 13.4. The Balaban J connectivity index is 1.98. The Hall–Kier alpha value is -2.35. The second kappa shape index (κ2) is 4.84. The van der Waals surface area contributed by atoms with Crippen LogP contribution in [0.2, 0.25) is 0 Å².